The van der Waals surface area contributed by atoms with Gasteiger partial charge in [-0.3, -0.25) is 0 Å². The molecule has 0 saturated heterocycles. The highest BCUT2D eigenvalue weighted by molar-refractivity contribution is 6.30. The molecule has 2 aromatic rings. The van der Waals surface area contributed by atoms with Gasteiger partial charge < -0.3 is 4.74 Å². The molecule has 0 bridgehead atoms. The van der Waals surface area contributed by atoms with E-state index in [1.807, 2.05) is 6.07 Å². The van der Waals surface area contributed by atoms with Crippen LogP contribution in [0, 0.1) is 17.1 Å². The molecule has 0 aliphatic carbocycles. The van der Waals surface area contributed by atoms with E-state index in [9.17, 15) is 4.39 Å². The molecule has 0 unspecified atom stereocenters. The highest BCUT2D eigenvalue weighted by Gasteiger charge is 2.07. The number of methoxy groups -OCH3 is 1. The normalized spacial score (nSPS) is 10.0. The minimum atomic E-state index is -0.387. The van der Waals surface area contributed by atoms with Gasteiger partial charge in [0.25, 0.3) is 0 Å². The summed E-state index contributed by atoms with van der Waals surface area (Å²) in [6, 6.07) is 11.8. The van der Waals surface area contributed by atoms with Crippen LogP contribution < -0.4 is 4.74 Å². The predicted octanol–water partition coefficient (Wildman–Crippen LogP) is 4.22. The summed E-state index contributed by atoms with van der Waals surface area (Å²) in [5.74, 6) is 0.224. The second kappa shape index (κ2) is 5.73. The van der Waals surface area contributed by atoms with Gasteiger partial charge in [-0.05, 0) is 35.4 Å². The molecule has 2 aromatic carbocycles. The van der Waals surface area contributed by atoms with Crippen molar-refractivity contribution in [1.29, 1.82) is 5.26 Å². The van der Waals surface area contributed by atoms with E-state index in [-0.39, 0.29) is 12.2 Å². The lowest BCUT2D eigenvalue weighted by Gasteiger charge is -2.09. The van der Waals surface area contributed by atoms with Gasteiger partial charge in [0, 0.05) is 10.6 Å². The van der Waals surface area contributed by atoms with Crippen LogP contribution in [-0.2, 0) is 6.42 Å². The van der Waals surface area contributed by atoms with E-state index >= 15 is 0 Å². The van der Waals surface area contributed by atoms with Crippen LogP contribution in [0.15, 0.2) is 36.4 Å². The smallest absolute Gasteiger partial charge is 0.125 e. The first-order chi connectivity index (χ1) is 9.13. The zero-order chi connectivity index (χ0) is 13.8. The summed E-state index contributed by atoms with van der Waals surface area (Å²) in [6.07, 6.45) is 0.271. The van der Waals surface area contributed by atoms with Crippen molar-refractivity contribution in [3.63, 3.8) is 0 Å². The molecule has 0 aromatic heterocycles. The first kappa shape index (κ1) is 13.4. The van der Waals surface area contributed by atoms with Crippen molar-refractivity contribution in [3.05, 3.63) is 52.8 Å². The molecule has 0 amide bonds. The number of hydrogen-bond acceptors (Lipinski definition) is 2. The van der Waals surface area contributed by atoms with Crippen LogP contribution in [0.2, 0.25) is 5.02 Å². The minimum absolute atomic E-state index is 0.271. The standard InChI is InChI=1S/C15H11ClFNO/c1-19-15-8-11(3-2-10(15)4-5-18)12-6-13(16)9-14(17)7-12/h2-3,6-9H,4H2,1H3. The third kappa shape index (κ3) is 3.04. The van der Waals surface area contributed by atoms with Crippen LogP contribution >= 0.6 is 11.6 Å². The largest absolute Gasteiger partial charge is 0.496 e. The Morgan fingerprint density at radius 3 is 2.63 bits per heavy atom. The fourth-order valence-electron chi connectivity index (χ4n) is 1.88. The van der Waals surface area contributed by atoms with Crippen molar-refractivity contribution in [1.82, 2.24) is 0 Å². The van der Waals surface area contributed by atoms with Crippen molar-refractivity contribution >= 4 is 11.6 Å². The molecule has 4 heteroatoms. The Morgan fingerprint density at radius 1 is 1.21 bits per heavy atom. The second-order valence-electron chi connectivity index (χ2n) is 4.02. The molecule has 0 fully saturated rings. The SMILES string of the molecule is COc1cc(-c2cc(F)cc(Cl)c2)ccc1CC#N. The number of rotatable bonds is 3. The Bertz CT molecular complexity index is 629. The third-order valence-electron chi connectivity index (χ3n) is 2.75. The zero-order valence-corrected chi connectivity index (χ0v) is 11.0. The Hall–Kier alpha value is -2.05. The molecule has 0 N–H and O–H groups in total. The Balaban J connectivity index is 2.48. The number of nitrogens with zero attached hydrogens (tertiary/aromatic N) is 1. The van der Waals surface area contributed by atoms with Gasteiger partial charge in [-0.2, -0.15) is 5.26 Å². The lowest BCUT2D eigenvalue weighted by atomic mass is 10.0. The molecule has 96 valence electrons. The van der Waals surface area contributed by atoms with E-state index in [0.29, 0.717) is 16.3 Å². The van der Waals surface area contributed by atoms with Gasteiger partial charge in [0.1, 0.15) is 11.6 Å². The summed E-state index contributed by atoms with van der Waals surface area (Å²) < 4.78 is 18.6. The zero-order valence-electron chi connectivity index (χ0n) is 10.3. The fourth-order valence-corrected chi connectivity index (χ4v) is 2.10. The van der Waals surface area contributed by atoms with Crippen molar-refractivity contribution < 1.29 is 9.13 Å². The van der Waals surface area contributed by atoms with Crippen molar-refractivity contribution in [2.45, 2.75) is 6.42 Å². The van der Waals surface area contributed by atoms with Gasteiger partial charge in [0.05, 0.1) is 19.6 Å². The lowest BCUT2D eigenvalue weighted by molar-refractivity contribution is 0.411. The Kier molecular flexibility index (Phi) is 4.03. The maximum atomic E-state index is 13.3. The van der Waals surface area contributed by atoms with Crippen LogP contribution in [0.1, 0.15) is 5.56 Å². The molecule has 0 atom stereocenters. The fraction of sp³-hybridized carbons (Fsp3) is 0.133. The summed E-state index contributed by atoms with van der Waals surface area (Å²) in [6.45, 7) is 0. The predicted molar refractivity (Wildman–Crippen MR) is 72.7 cm³/mol. The number of ether oxygens (including phenoxy) is 1. The van der Waals surface area contributed by atoms with E-state index in [2.05, 4.69) is 6.07 Å². The van der Waals surface area contributed by atoms with Crippen molar-refractivity contribution in [2.24, 2.45) is 0 Å². The van der Waals surface area contributed by atoms with E-state index < -0.39 is 0 Å². The molecule has 0 saturated carbocycles. The molecule has 2 nitrogen and oxygen atoms in total. The average molecular weight is 276 g/mol. The van der Waals surface area contributed by atoms with Crippen LogP contribution in [0.4, 0.5) is 4.39 Å². The molecule has 0 radical (unpaired) electrons. The van der Waals surface area contributed by atoms with Crippen molar-refractivity contribution in [2.75, 3.05) is 7.11 Å². The first-order valence-corrected chi connectivity index (χ1v) is 6.02. The van der Waals surface area contributed by atoms with Crippen LogP contribution in [0.5, 0.6) is 5.75 Å². The number of benzene rings is 2. The Labute approximate surface area is 116 Å². The van der Waals surface area contributed by atoms with E-state index in [1.54, 1.807) is 25.3 Å². The van der Waals surface area contributed by atoms with Crippen LogP contribution in [-0.4, -0.2) is 7.11 Å². The van der Waals surface area contributed by atoms with Gasteiger partial charge in [-0.1, -0.05) is 23.7 Å². The molecule has 0 heterocycles. The van der Waals surface area contributed by atoms with E-state index in [1.165, 1.54) is 12.1 Å². The van der Waals surface area contributed by atoms with E-state index in [4.69, 9.17) is 21.6 Å². The quantitative estimate of drug-likeness (QED) is 0.840. The van der Waals surface area contributed by atoms with Gasteiger partial charge in [0.15, 0.2) is 0 Å². The summed E-state index contributed by atoms with van der Waals surface area (Å²) in [5, 5.41) is 9.07. The first-order valence-electron chi connectivity index (χ1n) is 5.64. The highest BCUT2D eigenvalue weighted by Crippen LogP contribution is 2.29. The maximum absolute atomic E-state index is 13.3. The number of halogens is 2. The second-order valence-corrected chi connectivity index (χ2v) is 4.46. The molecule has 0 aliphatic heterocycles. The van der Waals surface area contributed by atoms with Crippen LogP contribution in [0.25, 0.3) is 11.1 Å². The molecule has 2 rings (SSSR count). The molecule has 0 spiro atoms. The monoisotopic (exact) mass is 275 g/mol. The van der Waals surface area contributed by atoms with Gasteiger partial charge >= 0.3 is 0 Å². The summed E-state index contributed by atoms with van der Waals surface area (Å²) >= 11 is 5.84. The highest BCUT2D eigenvalue weighted by atomic mass is 35.5. The molecule has 19 heavy (non-hydrogen) atoms. The summed E-state index contributed by atoms with van der Waals surface area (Å²) in [7, 11) is 1.54. The van der Waals surface area contributed by atoms with Crippen molar-refractivity contribution in [3.8, 4) is 22.9 Å². The van der Waals surface area contributed by atoms with Gasteiger partial charge in [0.2, 0.25) is 0 Å². The summed E-state index contributed by atoms with van der Waals surface area (Å²) in [5.41, 5.74) is 2.27. The summed E-state index contributed by atoms with van der Waals surface area (Å²) in [4.78, 5) is 0. The Morgan fingerprint density at radius 2 is 2.00 bits per heavy atom. The molecule has 0 aliphatic rings. The number of nitriles is 1. The lowest BCUT2D eigenvalue weighted by Crippen LogP contribution is -1.92. The third-order valence-corrected chi connectivity index (χ3v) is 2.97. The van der Waals surface area contributed by atoms with Gasteiger partial charge in [-0.25, -0.2) is 4.39 Å². The molecular weight excluding hydrogens is 265 g/mol. The number of hydrogen-bond donors (Lipinski definition) is 0. The maximum Gasteiger partial charge on any atom is 0.125 e. The average Bonchev–Trinajstić information content (AvgIpc) is 2.38. The van der Waals surface area contributed by atoms with Gasteiger partial charge in [-0.15, -0.1) is 0 Å². The molecular formula is C15H11ClFNO. The topological polar surface area (TPSA) is 33.0 Å². The van der Waals surface area contributed by atoms with Crippen LogP contribution in [0.3, 0.4) is 0 Å². The minimum Gasteiger partial charge on any atom is -0.496 e. The van der Waals surface area contributed by atoms with E-state index in [0.717, 1.165) is 11.1 Å².